The van der Waals surface area contributed by atoms with Gasteiger partial charge in [0.1, 0.15) is 24.4 Å². The molecule has 0 aliphatic carbocycles. The Hall–Kier alpha value is -0.770. The van der Waals surface area contributed by atoms with Crippen molar-refractivity contribution in [2.75, 3.05) is 13.2 Å². The highest BCUT2D eigenvalue weighted by Gasteiger charge is 2.45. The molecule has 0 bridgehead atoms. The molecule has 2 saturated heterocycles. The van der Waals surface area contributed by atoms with E-state index < -0.39 is 43.4 Å². The highest BCUT2D eigenvalue weighted by atomic mass is 16.7. The summed E-state index contributed by atoms with van der Waals surface area (Å²) in [4.78, 5) is 11.0. The van der Waals surface area contributed by atoms with Crippen molar-refractivity contribution < 1.29 is 34.7 Å². The van der Waals surface area contributed by atoms with E-state index in [1.165, 1.54) is 0 Å². The van der Waals surface area contributed by atoms with Crippen LogP contribution in [0.15, 0.2) is 0 Å². The van der Waals surface area contributed by atoms with E-state index >= 15 is 0 Å². The van der Waals surface area contributed by atoms with Gasteiger partial charge >= 0.3 is 0 Å². The Morgan fingerprint density at radius 3 is 2.56 bits per heavy atom. The number of amides is 1. The molecule has 0 saturated carbocycles. The van der Waals surface area contributed by atoms with Crippen LogP contribution in [0.1, 0.15) is 6.42 Å². The second kappa shape index (κ2) is 5.47. The number of hydrogen-bond donors (Lipinski definition) is 5. The standard InChI is InChI=1S/C10H17NO7/c12-3-5-7(14)8(15)9(16)10(18-5)17-4-1-6(13)11-2-4/h4-5,7-10,12,14-16H,1-3H2,(H,11,13)/t4-,5+,7+,8-,9+,10-/m0/s1. The van der Waals surface area contributed by atoms with Crippen LogP contribution in [0.3, 0.4) is 0 Å². The van der Waals surface area contributed by atoms with Crippen molar-refractivity contribution in [3.8, 4) is 0 Å². The van der Waals surface area contributed by atoms with Crippen LogP contribution in [0.25, 0.3) is 0 Å². The Kier molecular flexibility index (Phi) is 4.15. The summed E-state index contributed by atoms with van der Waals surface area (Å²) in [7, 11) is 0. The smallest absolute Gasteiger partial charge is 0.222 e. The van der Waals surface area contributed by atoms with Gasteiger partial charge in [-0.2, -0.15) is 0 Å². The van der Waals surface area contributed by atoms with E-state index in [1.807, 2.05) is 0 Å². The van der Waals surface area contributed by atoms with E-state index in [1.54, 1.807) is 0 Å². The lowest BCUT2D eigenvalue weighted by Crippen LogP contribution is -2.59. The van der Waals surface area contributed by atoms with Crippen molar-refractivity contribution in [1.82, 2.24) is 5.32 Å². The van der Waals surface area contributed by atoms with Crippen LogP contribution in [-0.2, 0) is 14.3 Å². The van der Waals surface area contributed by atoms with Gasteiger partial charge in [-0.05, 0) is 0 Å². The normalized spacial score (nSPS) is 45.0. The zero-order chi connectivity index (χ0) is 13.3. The summed E-state index contributed by atoms with van der Waals surface area (Å²) >= 11 is 0. The molecule has 0 aromatic carbocycles. The molecule has 1 amide bonds. The molecule has 5 N–H and O–H groups in total. The van der Waals surface area contributed by atoms with Crippen molar-refractivity contribution in [1.29, 1.82) is 0 Å². The molecule has 0 aromatic rings. The second-order valence-corrected chi connectivity index (χ2v) is 4.46. The highest BCUT2D eigenvalue weighted by Crippen LogP contribution is 2.23. The molecule has 2 aliphatic rings. The molecule has 0 radical (unpaired) electrons. The minimum Gasteiger partial charge on any atom is -0.394 e. The molecule has 0 spiro atoms. The summed E-state index contributed by atoms with van der Waals surface area (Å²) < 4.78 is 10.5. The first-order chi connectivity index (χ1) is 8.52. The van der Waals surface area contributed by atoms with Gasteiger partial charge in [0, 0.05) is 6.54 Å². The quantitative estimate of drug-likeness (QED) is 0.360. The van der Waals surface area contributed by atoms with Crippen LogP contribution >= 0.6 is 0 Å². The largest absolute Gasteiger partial charge is 0.394 e. The van der Waals surface area contributed by atoms with Gasteiger partial charge in [-0.15, -0.1) is 0 Å². The number of nitrogens with one attached hydrogen (secondary N) is 1. The first-order valence-corrected chi connectivity index (χ1v) is 5.75. The van der Waals surface area contributed by atoms with Gasteiger partial charge in [0.15, 0.2) is 6.29 Å². The van der Waals surface area contributed by atoms with E-state index in [0.717, 1.165) is 0 Å². The van der Waals surface area contributed by atoms with Gasteiger partial charge in [0.05, 0.1) is 19.1 Å². The summed E-state index contributed by atoms with van der Waals surface area (Å²) in [6.07, 6.45) is -6.80. The SMILES string of the molecule is O=C1C[C@H](O[C@H]2O[C@H](CO)[C@@H](O)[C@H](O)[C@H]2O)CN1. The zero-order valence-electron chi connectivity index (χ0n) is 9.60. The molecule has 8 heteroatoms. The van der Waals surface area contributed by atoms with Crippen molar-refractivity contribution in [2.24, 2.45) is 0 Å². The van der Waals surface area contributed by atoms with Gasteiger partial charge in [-0.25, -0.2) is 0 Å². The van der Waals surface area contributed by atoms with E-state index in [0.29, 0.717) is 6.54 Å². The Balaban J connectivity index is 1.96. The Morgan fingerprint density at radius 2 is 2.00 bits per heavy atom. The summed E-state index contributed by atoms with van der Waals surface area (Å²) in [6, 6.07) is 0. The molecule has 0 unspecified atom stereocenters. The van der Waals surface area contributed by atoms with E-state index in [9.17, 15) is 20.1 Å². The number of aliphatic hydroxyl groups excluding tert-OH is 4. The first-order valence-electron chi connectivity index (χ1n) is 5.75. The molecule has 8 nitrogen and oxygen atoms in total. The summed E-state index contributed by atoms with van der Waals surface area (Å²) in [5.41, 5.74) is 0. The molecule has 6 atom stereocenters. The molecule has 104 valence electrons. The van der Waals surface area contributed by atoms with Gasteiger partial charge in [-0.3, -0.25) is 4.79 Å². The third-order valence-corrected chi connectivity index (χ3v) is 3.11. The first kappa shape index (κ1) is 13.7. The highest BCUT2D eigenvalue weighted by molar-refractivity contribution is 5.78. The lowest BCUT2D eigenvalue weighted by molar-refractivity contribution is -0.309. The zero-order valence-corrected chi connectivity index (χ0v) is 9.60. The van der Waals surface area contributed by atoms with Crippen LogP contribution in [0.4, 0.5) is 0 Å². The van der Waals surface area contributed by atoms with E-state index in [2.05, 4.69) is 5.32 Å². The predicted octanol–water partition coefficient (Wildman–Crippen LogP) is -3.31. The number of carbonyl (C=O) groups is 1. The fraction of sp³-hybridized carbons (Fsp3) is 0.900. The van der Waals surface area contributed by atoms with Crippen LogP contribution in [0, 0.1) is 0 Å². The lowest BCUT2D eigenvalue weighted by Gasteiger charge is -2.40. The maximum atomic E-state index is 11.0. The third kappa shape index (κ3) is 2.63. The lowest BCUT2D eigenvalue weighted by atomic mass is 9.99. The summed E-state index contributed by atoms with van der Waals surface area (Å²) in [5.74, 6) is -0.162. The maximum Gasteiger partial charge on any atom is 0.222 e. The molecule has 2 rings (SSSR count). The van der Waals surface area contributed by atoms with Gasteiger partial charge in [0.2, 0.25) is 5.91 Å². The van der Waals surface area contributed by atoms with Crippen molar-refractivity contribution in [3.05, 3.63) is 0 Å². The van der Waals surface area contributed by atoms with Gasteiger partial charge in [-0.1, -0.05) is 0 Å². The minimum atomic E-state index is -1.47. The van der Waals surface area contributed by atoms with Crippen molar-refractivity contribution in [2.45, 2.75) is 43.2 Å². The van der Waals surface area contributed by atoms with Crippen molar-refractivity contribution in [3.63, 3.8) is 0 Å². The maximum absolute atomic E-state index is 11.0. The van der Waals surface area contributed by atoms with E-state index in [-0.39, 0.29) is 12.3 Å². The Morgan fingerprint density at radius 1 is 1.28 bits per heavy atom. The van der Waals surface area contributed by atoms with Crippen LogP contribution in [-0.4, -0.2) is 76.3 Å². The fourth-order valence-corrected chi connectivity index (χ4v) is 2.04. The van der Waals surface area contributed by atoms with Crippen LogP contribution in [0.5, 0.6) is 0 Å². The molecule has 2 aliphatic heterocycles. The molecule has 2 fully saturated rings. The average molecular weight is 263 g/mol. The summed E-state index contributed by atoms with van der Waals surface area (Å²) in [6.45, 7) is -0.208. The van der Waals surface area contributed by atoms with Crippen LogP contribution in [0.2, 0.25) is 0 Å². The molecular formula is C10H17NO7. The molecule has 0 aromatic heterocycles. The molecular weight excluding hydrogens is 246 g/mol. The molecule has 18 heavy (non-hydrogen) atoms. The topological polar surface area (TPSA) is 128 Å². The predicted molar refractivity (Wildman–Crippen MR) is 56.3 cm³/mol. The van der Waals surface area contributed by atoms with Gasteiger partial charge in [0.25, 0.3) is 0 Å². The Labute approximate surface area is 103 Å². The minimum absolute atomic E-state index is 0.148. The molecule has 2 heterocycles. The van der Waals surface area contributed by atoms with E-state index in [4.69, 9.17) is 14.6 Å². The Bertz CT molecular complexity index is 311. The van der Waals surface area contributed by atoms with Crippen LogP contribution < -0.4 is 5.32 Å². The summed E-state index contributed by atoms with van der Waals surface area (Å²) in [5, 5.41) is 40.3. The van der Waals surface area contributed by atoms with Crippen molar-refractivity contribution >= 4 is 5.91 Å². The number of rotatable bonds is 3. The number of hydrogen-bond acceptors (Lipinski definition) is 7. The monoisotopic (exact) mass is 263 g/mol. The fourth-order valence-electron chi connectivity index (χ4n) is 2.04. The number of carbonyl (C=O) groups excluding carboxylic acids is 1. The third-order valence-electron chi connectivity index (χ3n) is 3.11. The number of ether oxygens (including phenoxy) is 2. The second-order valence-electron chi connectivity index (χ2n) is 4.46. The van der Waals surface area contributed by atoms with Gasteiger partial charge < -0.3 is 35.2 Å². The number of aliphatic hydroxyl groups is 4. The average Bonchev–Trinajstić information content (AvgIpc) is 2.75.